The quantitative estimate of drug-likeness (QED) is 0.555. The highest BCUT2D eigenvalue weighted by Crippen LogP contribution is 2.19. The molecule has 0 radical (unpaired) electrons. The molecule has 24 heavy (non-hydrogen) atoms. The Morgan fingerprint density at radius 2 is 2.38 bits per heavy atom. The molecule has 9 heteroatoms. The lowest BCUT2D eigenvalue weighted by molar-refractivity contribution is -0.121. The summed E-state index contributed by atoms with van der Waals surface area (Å²) < 4.78 is 3.01. The van der Waals surface area contributed by atoms with Gasteiger partial charge < -0.3 is 4.57 Å². The van der Waals surface area contributed by atoms with Gasteiger partial charge in [-0.25, -0.2) is 5.43 Å². The van der Waals surface area contributed by atoms with Gasteiger partial charge in [0.25, 0.3) is 11.5 Å². The Morgan fingerprint density at radius 1 is 1.46 bits per heavy atom. The van der Waals surface area contributed by atoms with E-state index in [9.17, 15) is 9.59 Å². The number of hydrogen-bond acceptors (Lipinski definition) is 6. The second-order valence-corrected chi connectivity index (χ2v) is 6.43. The van der Waals surface area contributed by atoms with Crippen molar-refractivity contribution < 1.29 is 4.79 Å². The van der Waals surface area contributed by atoms with Gasteiger partial charge in [-0.05, 0) is 30.7 Å². The molecule has 0 bridgehead atoms. The van der Waals surface area contributed by atoms with E-state index in [1.54, 1.807) is 10.8 Å². The summed E-state index contributed by atoms with van der Waals surface area (Å²) in [6.45, 7) is 0.0482. The Bertz CT molecular complexity index is 985. The number of nitrogens with zero attached hydrogens (tertiary/aromatic N) is 5. The summed E-state index contributed by atoms with van der Waals surface area (Å²) in [5.74, 6) is 0.114. The first-order chi connectivity index (χ1) is 11.7. The first-order valence-electron chi connectivity index (χ1n) is 7.54. The van der Waals surface area contributed by atoms with Gasteiger partial charge in [0, 0.05) is 16.1 Å². The Morgan fingerprint density at radius 3 is 3.21 bits per heavy atom. The monoisotopic (exact) mass is 342 g/mol. The van der Waals surface area contributed by atoms with Crippen LogP contribution >= 0.6 is 11.3 Å². The Labute approximate surface area is 140 Å². The number of rotatable bonds is 4. The fraction of sp³-hybridized carbons (Fsp3) is 0.267. The zero-order chi connectivity index (χ0) is 16.5. The summed E-state index contributed by atoms with van der Waals surface area (Å²) >= 11 is 1.54. The van der Waals surface area contributed by atoms with Crippen LogP contribution in [0.2, 0.25) is 0 Å². The molecule has 122 valence electrons. The lowest BCUT2D eigenvalue weighted by atomic mass is 10.2. The SMILES string of the molecule is O=C(Cn1c2c(c(=O)n3ncnc13)CCC2)N/N=C/c1cccs1. The predicted molar refractivity (Wildman–Crippen MR) is 89.3 cm³/mol. The van der Waals surface area contributed by atoms with Crippen LogP contribution in [0.15, 0.2) is 33.7 Å². The summed E-state index contributed by atoms with van der Waals surface area (Å²) in [7, 11) is 0. The molecule has 0 fully saturated rings. The summed E-state index contributed by atoms with van der Waals surface area (Å²) in [4.78, 5) is 29.6. The van der Waals surface area contributed by atoms with Crippen molar-refractivity contribution in [3.8, 4) is 0 Å². The Hall–Kier alpha value is -2.81. The predicted octanol–water partition coefficient (Wildman–Crippen LogP) is 0.592. The number of hydrazone groups is 1. The zero-order valence-electron chi connectivity index (χ0n) is 12.7. The highest BCUT2D eigenvalue weighted by molar-refractivity contribution is 7.11. The number of thiophene rings is 1. The molecule has 0 aliphatic heterocycles. The molecule has 0 unspecified atom stereocenters. The molecule has 0 aromatic carbocycles. The van der Waals surface area contributed by atoms with Crippen molar-refractivity contribution in [3.63, 3.8) is 0 Å². The highest BCUT2D eigenvalue weighted by atomic mass is 32.1. The fourth-order valence-electron chi connectivity index (χ4n) is 2.95. The Kier molecular flexibility index (Phi) is 3.69. The molecule has 4 rings (SSSR count). The van der Waals surface area contributed by atoms with Crippen LogP contribution in [0.25, 0.3) is 5.78 Å². The maximum Gasteiger partial charge on any atom is 0.279 e. The van der Waals surface area contributed by atoms with Crippen molar-refractivity contribution in [2.75, 3.05) is 0 Å². The van der Waals surface area contributed by atoms with E-state index >= 15 is 0 Å². The maximum atomic E-state index is 12.3. The van der Waals surface area contributed by atoms with Crippen LogP contribution in [0.1, 0.15) is 22.6 Å². The maximum absolute atomic E-state index is 12.3. The topological polar surface area (TPSA) is 93.7 Å². The smallest absolute Gasteiger partial charge is 0.279 e. The third-order valence-corrected chi connectivity index (χ3v) is 4.77. The minimum atomic E-state index is -0.273. The van der Waals surface area contributed by atoms with Gasteiger partial charge >= 0.3 is 0 Å². The van der Waals surface area contributed by atoms with Crippen LogP contribution < -0.4 is 11.0 Å². The van der Waals surface area contributed by atoms with Gasteiger partial charge in [0.15, 0.2) is 0 Å². The van der Waals surface area contributed by atoms with Crippen molar-refractivity contribution in [2.24, 2.45) is 5.10 Å². The van der Waals surface area contributed by atoms with Gasteiger partial charge in [0.05, 0.1) is 6.21 Å². The highest BCUT2D eigenvalue weighted by Gasteiger charge is 2.23. The summed E-state index contributed by atoms with van der Waals surface area (Å²) in [6.07, 6.45) is 5.30. The number of carbonyl (C=O) groups is 1. The number of aromatic nitrogens is 4. The average molecular weight is 342 g/mol. The molecule has 1 amide bonds. The van der Waals surface area contributed by atoms with Crippen LogP contribution in [0.3, 0.4) is 0 Å². The lowest BCUT2D eigenvalue weighted by Gasteiger charge is -2.12. The van der Waals surface area contributed by atoms with E-state index in [4.69, 9.17) is 0 Å². The van der Waals surface area contributed by atoms with E-state index in [1.165, 1.54) is 22.2 Å². The van der Waals surface area contributed by atoms with Gasteiger partial charge in [-0.15, -0.1) is 11.3 Å². The molecule has 1 aliphatic rings. The van der Waals surface area contributed by atoms with Crippen molar-refractivity contribution in [1.82, 2.24) is 24.6 Å². The third-order valence-electron chi connectivity index (χ3n) is 3.96. The molecule has 8 nitrogen and oxygen atoms in total. The molecular weight excluding hydrogens is 328 g/mol. The first-order valence-corrected chi connectivity index (χ1v) is 8.41. The molecule has 1 N–H and O–H groups in total. The number of hydrogen-bond donors (Lipinski definition) is 1. The summed E-state index contributed by atoms with van der Waals surface area (Å²) in [5, 5.41) is 9.87. The second kappa shape index (κ2) is 6.00. The van der Waals surface area contributed by atoms with Crippen LogP contribution in [0.5, 0.6) is 0 Å². The molecule has 0 atom stereocenters. The number of carbonyl (C=O) groups excluding carboxylic acids is 1. The van der Waals surface area contributed by atoms with E-state index < -0.39 is 0 Å². The van der Waals surface area contributed by atoms with Crippen molar-refractivity contribution in [3.05, 3.63) is 50.3 Å². The standard InChI is InChI=1S/C15H14N6O2S/c22-13(19-17-7-10-3-2-6-24-10)8-20-12-5-1-4-11(12)14(23)21-15(20)16-9-18-21/h2-3,6-7,9H,1,4-5,8H2,(H,19,22)/b17-7+. The molecule has 1 aliphatic carbocycles. The van der Waals surface area contributed by atoms with E-state index in [-0.39, 0.29) is 18.0 Å². The van der Waals surface area contributed by atoms with Gasteiger partial charge in [0.2, 0.25) is 5.78 Å². The van der Waals surface area contributed by atoms with Crippen molar-refractivity contribution in [2.45, 2.75) is 25.8 Å². The van der Waals surface area contributed by atoms with Gasteiger partial charge in [-0.3, -0.25) is 9.59 Å². The molecule has 0 spiro atoms. The molecule has 3 aromatic heterocycles. The van der Waals surface area contributed by atoms with Gasteiger partial charge in [-0.1, -0.05) is 6.07 Å². The van der Waals surface area contributed by atoms with E-state index in [0.717, 1.165) is 29.0 Å². The minimum Gasteiger partial charge on any atom is -0.304 e. The zero-order valence-corrected chi connectivity index (χ0v) is 13.5. The van der Waals surface area contributed by atoms with Gasteiger partial charge in [0.1, 0.15) is 12.9 Å². The van der Waals surface area contributed by atoms with E-state index in [2.05, 4.69) is 20.6 Å². The van der Waals surface area contributed by atoms with Gasteiger partial charge in [-0.2, -0.15) is 19.7 Å². The minimum absolute atomic E-state index is 0.0482. The molecular formula is C15H14N6O2S. The van der Waals surface area contributed by atoms with E-state index in [0.29, 0.717) is 12.2 Å². The first kappa shape index (κ1) is 14.8. The average Bonchev–Trinajstić information content (AvgIpc) is 3.31. The van der Waals surface area contributed by atoms with E-state index in [1.807, 2.05) is 17.5 Å². The third kappa shape index (κ3) is 2.52. The second-order valence-electron chi connectivity index (χ2n) is 5.45. The van der Waals surface area contributed by atoms with Crippen LogP contribution in [0, 0.1) is 0 Å². The fourth-order valence-corrected chi connectivity index (χ4v) is 3.53. The van der Waals surface area contributed by atoms with Crippen LogP contribution in [-0.4, -0.2) is 31.3 Å². The number of nitrogens with one attached hydrogen (secondary N) is 1. The largest absolute Gasteiger partial charge is 0.304 e. The Balaban J connectivity index is 1.60. The molecule has 3 heterocycles. The molecule has 3 aromatic rings. The van der Waals surface area contributed by atoms with Crippen molar-refractivity contribution >= 4 is 29.2 Å². The normalized spacial score (nSPS) is 13.7. The molecule has 0 saturated heterocycles. The number of fused-ring (bicyclic) bond motifs is 2. The number of amides is 1. The van der Waals surface area contributed by atoms with Crippen molar-refractivity contribution in [1.29, 1.82) is 0 Å². The molecule has 0 saturated carbocycles. The summed E-state index contributed by atoms with van der Waals surface area (Å²) in [6, 6.07) is 3.83. The van der Waals surface area contributed by atoms with Crippen LogP contribution in [0.4, 0.5) is 0 Å². The summed E-state index contributed by atoms with van der Waals surface area (Å²) in [5.41, 5.74) is 3.97. The van der Waals surface area contributed by atoms with Crippen LogP contribution in [-0.2, 0) is 24.2 Å². The lowest BCUT2D eigenvalue weighted by Crippen LogP contribution is -2.30.